The third kappa shape index (κ3) is 6.25. The number of aryl methyl sites for hydroxylation is 1. The first kappa shape index (κ1) is 23.6. The van der Waals surface area contributed by atoms with Crippen molar-refractivity contribution in [2.75, 3.05) is 6.54 Å². The van der Waals surface area contributed by atoms with E-state index in [1.807, 2.05) is 59.0 Å². The molecule has 0 unspecified atom stereocenters. The van der Waals surface area contributed by atoms with Gasteiger partial charge in [-0.2, -0.15) is 13.2 Å². The molecule has 170 valence electrons. The lowest BCUT2D eigenvalue weighted by molar-refractivity contribution is -0.137. The predicted molar refractivity (Wildman–Crippen MR) is 120 cm³/mol. The van der Waals surface area contributed by atoms with Crippen LogP contribution in [0.1, 0.15) is 58.9 Å². The average Bonchev–Trinajstić information content (AvgIpc) is 3.19. The van der Waals surface area contributed by atoms with Crippen LogP contribution in [0.25, 0.3) is 0 Å². The van der Waals surface area contributed by atoms with Crippen molar-refractivity contribution in [1.82, 2.24) is 9.47 Å². The molecule has 0 radical (unpaired) electrons. The molecule has 1 amide bonds. The molecule has 0 fully saturated rings. The Balaban J connectivity index is 1.79. The number of hydrogen-bond acceptors (Lipinski definition) is 1. The minimum Gasteiger partial charge on any atom is -0.345 e. The Bertz CT molecular complexity index is 1020. The summed E-state index contributed by atoms with van der Waals surface area (Å²) in [7, 11) is 0. The van der Waals surface area contributed by atoms with Gasteiger partial charge in [-0.15, -0.1) is 0 Å². The van der Waals surface area contributed by atoms with Crippen LogP contribution in [-0.4, -0.2) is 21.9 Å². The van der Waals surface area contributed by atoms with E-state index in [0.717, 1.165) is 36.6 Å². The first-order chi connectivity index (χ1) is 15.3. The Kier molecular flexibility index (Phi) is 7.78. The Morgan fingerprint density at radius 2 is 1.75 bits per heavy atom. The summed E-state index contributed by atoms with van der Waals surface area (Å²) in [6.45, 7) is 5.45. The van der Waals surface area contributed by atoms with E-state index < -0.39 is 11.7 Å². The van der Waals surface area contributed by atoms with E-state index in [9.17, 15) is 18.0 Å². The second kappa shape index (κ2) is 10.5. The highest BCUT2D eigenvalue weighted by atomic mass is 19.4. The van der Waals surface area contributed by atoms with Crippen LogP contribution >= 0.6 is 0 Å². The number of amides is 1. The molecule has 0 bridgehead atoms. The topological polar surface area (TPSA) is 25.2 Å². The highest BCUT2D eigenvalue weighted by molar-refractivity contribution is 5.94. The highest BCUT2D eigenvalue weighted by Gasteiger charge is 2.30. The number of rotatable bonds is 9. The van der Waals surface area contributed by atoms with Gasteiger partial charge in [-0.3, -0.25) is 4.79 Å². The zero-order valence-electron chi connectivity index (χ0n) is 18.5. The number of carbonyl (C=O) groups is 1. The number of benzene rings is 2. The SMILES string of the molecule is CCCCCN(Cc1cccn1Cc1cccc(C(F)(F)F)c1)C(=O)c1ccc(C)cc1. The molecule has 0 saturated carbocycles. The summed E-state index contributed by atoms with van der Waals surface area (Å²) >= 11 is 0. The normalized spacial score (nSPS) is 11.5. The van der Waals surface area contributed by atoms with E-state index in [4.69, 9.17) is 0 Å². The first-order valence-electron chi connectivity index (χ1n) is 10.9. The summed E-state index contributed by atoms with van der Waals surface area (Å²) < 4.78 is 41.1. The maximum atomic E-state index is 13.2. The van der Waals surface area contributed by atoms with E-state index >= 15 is 0 Å². The standard InChI is InChI=1S/C26H29F3N2O/c1-3-4-5-15-31(25(32)22-13-11-20(2)12-14-22)19-24-10-7-16-30(24)18-21-8-6-9-23(17-21)26(27,28)29/h6-14,16-17H,3-5,15,18-19H2,1-2H3. The van der Waals surface area contributed by atoms with Crippen LogP contribution in [0.5, 0.6) is 0 Å². The second-order valence-electron chi connectivity index (χ2n) is 8.13. The Labute approximate surface area is 187 Å². The van der Waals surface area contributed by atoms with E-state index in [-0.39, 0.29) is 5.91 Å². The molecule has 3 aromatic rings. The van der Waals surface area contributed by atoms with E-state index in [2.05, 4.69) is 6.92 Å². The molecule has 0 saturated heterocycles. The third-order valence-electron chi connectivity index (χ3n) is 5.50. The van der Waals surface area contributed by atoms with Crippen molar-refractivity contribution in [3.8, 4) is 0 Å². The number of carbonyl (C=O) groups excluding carboxylic acids is 1. The van der Waals surface area contributed by atoms with Gasteiger partial charge in [-0.25, -0.2) is 0 Å². The number of unbranched alkanes of at least 4 members (excludes halogenated alkanes) is 2. The van der Waals surface area contributed by atoms with Crippen LogP contribution < -0.4 is 0 Å². The van der Waals surface area contributed by atoms with E-state index in [0.29, 0.717) is 30.8 Å². The highest BCUT2D eigenvalue weighted by Crippen LogP contribution is 2.29. The third-order valence-corrected chi connectivity index (χ3v) is 5.50. The number of halogens is 3. The van der Waals surface area contributed by atoms with Gasteiger partial charge in [-0.05, 0) is 55.3 Å². The van der Waals surface area contributed by atoms with Crippen molar-refractivity contribution in [3.63, 3.8) is 0 Å². The number of alkyl halides is 3. The van der Waals surface area contributed by atoms with Crippen molar-refractivity contribution in [3.05, 3.63) is 94.8 Å². The number of aromatic nitrogens is 1. The number of hydrogen-bond donors (Lipinski definition) is 0. The Morgan fingerprint density at radius 1 is 1.00 bits per heavy atom. The molecule has 3 nitrogen and oxygen atoms in total. The summed E-state index contributed by atoms with van der Waals surface area (Å²) in [4.78, 5) is 15.0. The number of nitrogens with zero attached hydrogens (tertiary/aromatic N) is 2. The summed E-state index contributed by atoms with van der Waals surface area (Å²) in [5.74, 6) is -0.0343. The lowest BCUT2D eigenvalue weighted by Crippen LogP contribution is -2.32. The molecule has 0 spiro atoms. The van der Waals surface area contributed by atoms with Crippen LogP contribution in [-0.2, 0) is 19.3 Å². The molecule has 0 aliphatic rings. The Morgan fingerprint density at radius 3 is 2.44 bits per heavy atom. The zero-order valence-corrected chi connectivity index (χ0v) is 18.5. The molecule has 3 rings (SSSR count). The first-order valence-corrected chi connectivity index (χ1v) is 10.9. The van der Waals surface area contributed by atoms with Crippen LogP contribution in [0, 0.1) is 6.92 Å². The summed E-state index contributed by atoms with van der Waals surface area (Å²) in [6.07, 6.45) is 0.464. The maximum absolute atomic E-state index is 13.2. The van der Waals surface area contributed by atoms with Crippen LogP contribution in [0.3, 0.4) is 0 Å². The average molecular weight is 443 g/mol. The molecular formula is C26H29F3N2O. The van der Waals surface area contributed by atoms with Crippen molar-refractivity contribution < 1.29 is 18.0 Å². The second-order valence-corrected chi connectivity index (χ2v) is 8.13. The fourth-order valence-corrected chi connectivity index (χ4v) is 3.67. The summed E-state index contributed by atoms with van der Waals surface area (Å²) in [5.41, 5.74) is 2.54. The molecule has 1 aromatic heterocycles. The minimum absolute atomic E-state index is 0.0343. The summed E-state index contributed by atoms with van der Waals surface area (Å²) in [6, 6.07) is 16.7. The quantitative estimate of drug-likeness (QED) is 0.339. The molecule has 0 N–H and O–H groups in total. The van der Waals surface area contributed by atoms with Gasteiger partial charge >= 0.3 is 6.18 Å². The molecule has 0 aliphatic heterocycles. The maximum Gasteiger partial charge on any atom is 0.416 e. The lowest BCUT2D eigenvalue weighted by Gasteiger charge is -2.24. The molecule has 32 heavy (non-hydrogen) atoms. The molecule has 2 aromatic carbocycles. The Hall–Kier alpha value is -3.02. The van der Waals surface area contributed by atoms with Crippen molar-refractivity contribution in [1.29, 1.82) is 0 Å². The molecule has 6 heteroatoms. The van der Waals surface area contributed by atoms with Gasteiger partial charge in [0.1, 0.15) is 0 Å². The van der Waals surface area contributed by atoms with Gasteiger partial charge in [0.15, 0.2) is 0 Å². The fraction of sp³-hybridized carbons (Fsp3) is 0.346. The lowest BCUT2D eigenvalue weighted by atomic mass is 10.1. The molecular weight excluding hydrogens is 413 g/mol. The van der Waals surface area contributed by atoms with Crippen molar-refractivity contribution >= 4 is 5.91 Å². The molecule has 0 atom stereocenters. The smallest absolute Gasteiger partial charge is 0.345 e. The largest absolute Gasteiger partial charge is 0.416 e. The molecule has 1 heterocycles. The predicted octanol–water partition coefficient (Wildman–Crippen LogP) is 6.70. The van der Waals surface area contributed by atoms with Gasteiger partial charge in [0.2, 0.25) is 0 Å². The fourth-order valence-electron chi connectivity index (χ4n) is 3.67. The zero-order chi connectivity index (χ0) is 23.1. The molecule has 0 aliphatic carbocycles. The van der Waals surface area contributed by atoms with Crippen molar-refractivity contribution in [2.24, 2.45) is 0 Å². The van der Waals surface area contributed by atoms with Gasteiger partial charge < -0.3 is 9.47 Å². The van der Waals surface area contributed by atoms with Gasteiger partial charge in [0.25, 0.3) is 5.91 Å². The van der Waals surface area contributed by atoms with Crippen LogP contribution in [0.15, 0.2) is 66.9 Å². The van der Waals surface area contributed by atoms with Gasteiger partial charge in [-0.1, -0.05) is 49.6 Å². The van der Waals surface area contributed by atoms with Crippen LogP contribution in [0.2, 0.25) is 0 Å². The van der Waals surface area contributed by atoms with E-state index in [1.54, 1.807) is 6.07 Å². The minimum atomic E-state index is -4.37. The van der Waals surface area contributed by atoms with Gasteiger partial charge in [0.05, 0.1) is 12.1 Å². The van der Waals surface area contributed by atoms with Crippen LogP contribution in [0.4, 0.5) is 13.2 Å². The van der Waals surface area contributed by atoms with Crippen molar-refractivity contribution in [2.45, 2.75) is 52.4 Å². The van der Waals surface area contributed by atoms with Gasteiger partial charge in [0, 0.05) is 30.5 Å². The van der Waals surface area contributed by atoms with E-state index in [1.165, 1.54) is 12.1 Å². The monoisotopic (exact) mass is 442 g/mol. The summed E-state index contributed by atoms with van der Waals surface area (Å²) in [5, 5.41) is 0.